The van der Waals surface area contributed by atoms with Crippen molar-refractivity contribution in [1.82, 2.24) is 9.88 Å². The van der Waals surface area contributed by atoms with Gasteiger partial charge in [0.15, 0.2) is 0 Å². The Morgan fingerprint density at radius 2 is 2.00 bits per heavy atom. The molecular formula is C18H21N3OS. The van der Waals surface area contributed by atoms with E-state index in [1.54, 1.807) is 24.2 Å². The molecule has 0 unspecified atom stereocenters. The molecule has 23 heavy (non-hydrogen) atoms. The second-order valence-electron chi connectivity index (χ2n) is 5.85. The molecule has 1 aliphatic rings. The van der Waals surface area contributed by atoms with Gasteiger partial charge >= 0.3 is 0 Å². The van der Waals surface area contributed by atoms with Crippen LogP contribution < -0.4 is 4.90 Å². The zero-order chi connectivity index (χ0) is 16.2. The third-order valence-corrected chi connectivity index (χ3v) is 5.14. The fourth-order valence-corrected chi connectivity index (χ4v) is 3.72. The van der Waals surface area contributed by atoms with Crippen LogP contribution in [0.4, 0.5) is 5.69 Å². The molecule has 1 aliphatic heterocycles. The summed E-state index contributed by atoms with van der Waals surface area (Å²) in [6.07, 6.45) is 3.51. The number of likely N-dealkylation sites (N-methyl/N-ethyl adjacent to an activating group) is 1. The molecule has 5 heteroatoms. The van der Waals surface area contributed by atoms with Crippen LogP contribution in [-0.4, -0.2) is 41.2 Å². The summed E-state index contributed by atoms with van der Waals surface area (Å²) in [4.78, 5) is 22.0. The Labute approximate surface area is 141 Å². The number of carbonyl (C=O) groups excluding carboxylic acids is 1. The first kappa shape index (κ1) is 15.9. The van der Waals surface area contributed by atoms with Gasteiger partial charge in [-0.05, 0) is 30.7 Å². The fraction of sp³-hybridized carbons (Fsp3) is 0.333. The lowest BCUT2D eigenvalue weighted by Crippen LogP contribution is -2.42. The largest absolute Gasteiger partial charge is 0.372 e. The van der Waals surface area contributed by atoms with E-state index < -0.39 is 0 Å². The Bertz CT molecular complexity index is 677. The molecule has 1 aromatic carbocycles. The standard InChI is InChI=1S/C18H21N3OS/c1-14-11-20(2)17-6-4-3-5-15(17)12-21(14)18(22)13-23-16-7-9-19-10-8-16/h3-10,14H,11-13H2,1-2H3/t14-/m0/s1. The van der Waals surface area contributed by atoms with Gasteiger partial charge in [-0.25, -0.2) is 0 Å². The predicted molar refractivity (Wildman–Crippen MR) is 94.7 cm³/mol. The number of fused-ring (bicyclic) bond motifs is 1. The summed E-state index contributed by atoms with van der Waals surface area (Å²) >= 11 is 1.57. The summed E-state index contributed by atoms with van der Waals surface area (Å²) in [6.45, 7) is 3.65. The maximum Gasteiger partial charge on any atom is 0.233 e. The lowest BCUT2D eigenvalue weighted by Gasteiger charge is -2.28. The average Bonchev–Trinajstić information content (AvgIpc) is 2.70. The number of amides is 1. The van der Waals surface area contributed by atoms with Crippen molar-refractivity contribution in [3.8, 4) is 0 Å². The van der Waals surface area contributed by atoms with Crippen molar-refractivity contribution in [1.29, 1.82) is 0 Å². The van der Waals surface area contributed by atoms with Gasteiger partial charge in [0.1, 0.15) is 0 Å². The highest BCUT2D eigenvalue weighted by Crippen LogP contribution is 2.27. The van der Waals surface area contributed by atoms with E-state index in [0.717, 1.165) is 11.4 Å². The van der Waals surface area contributed by atoms with E-state index in [9.17, 15) is 4.79 Å². The van der Waals surface area contributed by atoms with Crippen LogP contribution in [0.5, 0.6) is 0 Å². The maximum absolute atomic E-state index is 12.7. The SMILES string of the molecule is C[C@H]1CN(C)c2ccccc2CN1C(=O)CSc1ccncc1. The van der Waals surface area contributed by atoms with Gasteiger partial charge in [0.05, 0.1) is 5.75 Å². The third-order valence-electron chi connectivity index (χ3n) is 4.15. The molecule has 0 N–H and O–H groups in total. The molecule has 1 atom stereocenters. The summed E-state index contributed by atoms with van der Waals surface area (Å²) < 4.78 is 0. The average molecular weight is 327 g/mol. The van der Waals surface area contributed by atoms with Crippen molar-refractivity contribution in [2.75, 3.05) is 24.2 Å². The van der Waals surface area contributed by atoms with Crippen LogP contribution in [0.1, 0.15) is 12.5 Å². The summed E-state index contributed by atoms with van der Waals surface area (Å²) in [6, 6.07) is 12.4. The van der Waals surface area contributed by atoms with Gasteiger partial charge in [-0.15, -0.1) is 11.8 Å². The van der Waals surface area contributed by atoms with Gasteiger partial charge in [0, 0.05) is 49.2 Å². The molecule has 2 aromatic rings. The van der Waals surface area contributed by atoms with Gasteiger partial charge in [-0.2, -0.15) is 0 Å². The highest BCUT2D eigenvalue weighted by atomic mass is 32.2. The highest BCUT2D eigenvalue weighted by molar-refractivity contribution is 8.00. The van der Waals surface area contributed by atoms with Gasteiger partial charge in [0.2, 0.25) is 5.91 Å². The number of pyridine rings is 1. The fourth-order valence-electron chi connectivity index (χ4n) is 2.95. The van der Waals surface area contributed by atoms with Crippen LogP contribution in [0.25, 0.3) is 0 Å². The van der Waals surface area contributed by atoms with E-state index in [0.29, 0.717) is 12.3 Å². The van der Waals surface area contributed by atoms with Crippen LogP contribution in [0.3, 0.4) is 0 Å². The number of carbonyl (C=O) groups is 1. The quantitative estimate of drug-likeness (QED) is 0.812. The minimum absolute atomic E-state index is 0.185. The monoisotopic (exact) mass is 327 g/mol. The van der Waals surface area contributed by atoms with Gasteiger partial charge in [-0.1, -0.05) is 18.2 Å². The molecular weight excluding hydrogens is 306 g/mol. The summed E-state index contributed by atoms with van der Waals surface area (Å²) in [7, 11) is 2.09. The number of nitrogens with zero attached hydrogens (tertiary/aromatic N) is 3. The summed E-state index contributed by atoms with van der Waals surface area (Å²) in [5, 5.41) is 0. The van der Waals surface area contributed by atoms with E-state index in [4.69, 9.17) is 0 Å². The maximum atomic E-state index is 12.7. The first-order valence-electron chi connectivity index (χ1n) is 7.76. The first-order valence-corrected chi connectivity index (χ1v) is 8.75. The van der Waals surface area contributed by atoms with E-state index in [1.165, 1.54) is 11.3 Å². The van der Waals surface area contributed by atoms with E-state index in [1.807, 2.05) is 23.1 Å². The molecule has 2 heterocycles. The smallest absolute Gasteiger partial charge is 0.233 e. The van der Waals surface area contributed by atoms with E-state index >= 15 is 0 Å². The second-order valence-corrected chi connectivity index (χ2v) is 6.90. The van der Waals surface area contributed by atoms with Crippen LogP contribution >= 0.6 is 11.8 Å². The Balaban J connectivity index is 1.72. The summed E-state index contributed by atoms with van der Waals surface area (Å²) in [5.74, 6) is 0.643. The van der Waals surface area contributed by atoms with Crippen LogP contribution in [0.15, 0.2) is 53.7 Å². The number of para-hydroxylation sites is 1. The van der Waals surface area contributed by atoms with Crippen molar-refractivity contribution in [3.63, 3.8) is 0 Å². The van der Waals surface area contributed by atoms with Crippen molar-refractivity contribution in [3.05, 3.63) is 54.4 Å². The highest BCUT2D eigenvalue weighted by Gasteiger charge is 2.26. The molecule has 1 amide bonds. The summed E-state index contributed by atoms with van der Waals surface area (Å²) in [5.41, 5.74) is 2.43. The number of hydrogen-bond acceptors (Lipinski definition) is 4. The lowest BCUT2D eigenvalue weighted by molar-refractivity contribution is -0.130. The van der Waals surface area contributed by atoms with Crippen molar-refractivity contribution in [2.45, 2.75) is 24.4 Å². The number of anilines is 1. The van der Waals surface area contributed by atoms with Crippen molar-refractivity contribution in [2.24, 2.45) is 0 Å². The zero-order valence-electron chi connectivity index (χ0n) is 13.5. The molecule has 1 aromatic heterocycles. The number of rotatable bonds is 3. The topological polar surface area (TPSA) is 36.4 Å². The number of thioether (sulfide) groups is 1. The minimum Gasteiger partial charge on any atom is -0.372 e. The van der Waals surface area contributed by atoms with Crippen molar-refractivity contribution < 1.29 is 4.79 Å². The van der Waals surface area contributed by atoms with Gasteiger partial charge in [0.25, 0.3) is 0 Å². The second kappa shape index (κ2) is 7.04. The Morgan fingerprint density at radius 1 is 1.26 bits per heavy atom. The van der Waals surface area contributed by atoms with Gasteiger partial charge < -0.3 is 9.80 Å². The molecule has 4 nitrogen and oxygen atoms in total. The van der Waals surface area contributed by atoms with E-state index in [2.05, 4.69) is 42.1 Å². The molecule has 0 saturated carbocycles. The van der Waals surface area contributed by atoms with Crippen molar-refractivity contribution >= 4 is 23.4 Å². The third kappa shape index (κ3) is 3.67. The van der Waals surface area contributed by atoms with E-state index in [-0.39, 0.29) is 11.9 Å². The molecule has 0 radical (unpaired) electrons. The molecule has 0 saturated heterocycles. The Morgan fingerprint density at radius 3 is 2.78 bits per heavy atom. The molecule has 0 spiro atoms. The zero-order valence-corrected chi connectivity index (χ0v) is 14.3. The van der Waals surface area contributed by atoms with Crippen LogP contribution in [0, 0.1) is 0 Å². The number of aromatic nitrogens is 1. The Kier molecular flexibility index (Phi) is 4.86. The number of hydrogen-bond donors (Lipinski definition) is 0. The normalized spacial score (nSPS) is 17.6. The molecule has 3 rings (SSSR count). The molecule has 0 bridgehead atoms. The van der Waals surface area contributed by atoms with Gasteiger partial charge in [-0.3, -0.25) is 9.78 Å². The molecule has 0 aliphatic carbocycles. The van der Waals surface area contributed by atoms with Crippen LogP contribution in [-0.2, 0) is 11.3 Å². The Hall–Kier alpha value is -2.01. The minimum atomic E-state index is 0.185. The molecule has 120 valence electrons. The predicted octanol–water partition coefficient (Wildman–Crippen LogP) is 3.04. The number of benzene rings is 1. The van der Waals surface area contributed by atoms with Crippen LogP contribution in [0.2, 0.25) is 0 Å². The lowest BCUT2D eigenvalue weighted by atomic mass is 10.1. The molecule has 0 fully saturated rings. The first-order chi connectivity index (χ1) is 11.1.